The molecule has 0 heterocycles. The predicted molar refractivity (Wildman–Crippen MR) is 36.0 cm³/mol. The van der Waals surface area contributed by atoms with Crippen LogP contribution in [0, 0.1) is 11.3 Å². The standard InChI is InChI=1S/C7H9NO2/c1-3-10-5-7(4-8)6(2)9/h5H,3H2,1-2H3. The van der Waals surface area contributed by atoms with Crippen molar-refractivity contribution in [2.45, 2.75) is 13.8 Å². The van der Waals surface area contributed by atoms with Gasteiger partial charge >= 0.3 is 0 Å². The largest absolute Gasteiger partial charge is 0.500 e. The van der Waals surface area contributed by atoms with Crippen LogP contribution in [0.1, 0.15) is 13.8 Å². The SMILES string of the molecule is CCOC=C(C#N)C(C)=O. The molecule has 0 aliphatic heterocycles. The molecule has 0 aromatic heterocycles. The van der Waals surface area contributed by atoms with Crippen LogP contribution in [0.4, 0.5) is 0 Å². The van der Waals surface area contributed by atoms with Crippen LogP contribution in [0.5, 0.6) is 0 Å². The lowest BCUT2D eigenvalue weighted by Gasteiger charge is -1.92. The number of carbonyl (C=O) groups excluding carboxylic acids is 1. The summed E-state index contributed by atoms with van der Waals surface area (Å²) in [6.07, 6.45) is 1.18. The number of hydrogen-bond donors (Lipinski definition) is 0. The third-order valence-electron chi connectivity index (χ3n) is 0.868. The van der Waals surface area contributed by atoms with Gasteiger partial charge in [0.05, 0.1) is 6.61 Å². The van der Waals surface area contributed by atoms with Crippen LogP contribution < -0.4 is 0 Å². The summed E-state index contributed by atoms with van der Waals surface area (Å²) in [4.78, 5) is 10.5. The number of carbonyl (C=O) groups is 1. The molecule has 3 nitrogen and oxygen atoms in total. The Hall–Kier alpha value is -1.30. The summed E-state index contributed by atoms with van der Waals surface area (Å²) >= 11 is 0. The molecule has 0 aromatic carbocycles. The van der Waals surface area contributed by atoms with E-state index in [0.717, 1.165) is 0 Å². The van der Waals surface area contributed by atoms with Crippen LogP contribution in [0.15, 0.2) is 11.8 Å². The fraction of sp³-hybridized carbons (Fsp3) is 0.429. The molecular formula is C7H9NO2. The van der Waals surface area contributed by atoms with Gasteiger partial charge < -0.3 is 4.74 Å². The van der Waals surface area contributed by atoms with E-state index < -0.39 is 0 Å². The van der Waals surface area contributed by atoms with Crippen molar-refractivity contribution < 1.29 is 9.53 Å². The molecule has 0 spiro atoms. The number of Topliss-reactive ketones (excluding diaryl/α,β-unsaturated/α-hetero) is 1. The van der Waals surface area contributed by atoms with Crippen LogP contribution in [0.25, 0.3) is 0 Å². The molecule has 54 valence electrons. The normalized spacial score (nSPS) is 10.3. The van der Waals surface area contributed by atoms with Gasteiger partial charge in [-0.25, -0.2) is 0 Å². The van der Waals surface area contributed by atoms with Gasteiger partial charge in [0, 0.05) is 0 Å². The monoisotopic (exact) mass is 139 g/mol. The van der Waals surface area contributed by atoms with Crippen molar-refractivity contribution in [3.8, 4) is 6.07 Å². The second-order valence-electron chi connectivity index (χ2n) is 1.65. The van der Waals surface area contributed by atoms with Crippen molar-refractivity contribution in [1.82, 2.24) is 0 Å². The second-order valence-corrected chi connectivity index (χ2v) is 1.65. The molecule has 0 atom stereocenters. The number of rotatable bonds is 3. The molecule has 0 unspecified atom stereocenters. The minimum atomic E-state index is -0.268. The Labute approximate surface area is 59.9 Å². The molecule has 0 fully saturated rings. The number of nitrogens with zero attached hydrogens (tertiary/aromatic N) is 1. The Morgan fingerprint density at radius 2 is 2.40 bits per heavy atom. The Morgan fingerprint density at radius 1 is 1.80 bits per heavy atom. The van der Waals surface area contributed by atoms with Crippen LogP contribution in [-0.2, 0) is 9.53 Å². The van der Waals surface area contributed by atoms with Gasteiger partial charge in [0.1, 0.15) is 17.9 Å². The number of ketones is 1. The van der Waals surface area contributed by atoms with E-state index in [4.69, 9.17) is 10.00 Å². The Morgan fingerprint density at radius 3 is 2.70 bits per heavy atom. The topological polar surface area (TPSA) is 50.1 Å². The maximum atomic E-state index is 10.5. The first-order chi connectivity index (χ1) is 4.72. The van der Waals surface area contributed by atoms with E-state index in [2.05, 4.69) is 0 Å². The highest BCUT2D eigenvalue weighted by atomic mass is 16.5. The molecule has 0 bridgehead atoms. The van der Waals surface area contributed by atoms with Crippen molar-refractivity contribution in [3.05, 3.63) is 11.8 Å². The molecule has 10 heavy (non-hydrogen) atoms. The van der Waals surface area contributed by atoms with E-state index in [0.29, 0.717) is 6.61 Å². The first kappa shape index (κ1) is 8.70. The van der Waals surface area contributed by atoms with Gasteiger partial charge in [-0.3, -0.25) is 4.79 Å². The third-order valence-corrected chi connectivity index (χ3v) is 0.868. The number of ether oxygens (including phenoxy) is 1. The minimum Gasteiger partial charge on any atom is -0.500 e. The molecule has 0 amide bonds. The lowest BCUT2D eigenvalue weighted by Crippen LogP contribution is -1.94. The van der Waals surface area contributed by atoms with E-state index in [1.165, 1.54) is 13.2 Å². The van der Waals surface area contributed by atoms with Gasteiger partial charge in [0.25, 0.3) is 0 Å². The average Bonchev–Trinajstić information content (AvgIpc) is 1.89. The molecule has 0 radical (unpaired) electrons. The summed E-state index contributed by atoms with van der Waals surface area (Å²) in [5.74, 6) is -0.268. The molecule has 0 aliphatic rings. The lowest BCUT2D eigenvalue weighted by molar-refractivity contribution is -0.113. The third kappa shape index (κ3) is 2.88. The molecular weight excluding hydrogens is 130 g/mol. The molecule has 0 saturated heterocycles. The average molecular weight is 139 g/mol. The van der Waals surface area contributed by atoms with Crippen LogP contribution >= 0.6 is 0 Å². The molecule has 0 saturated carbocycles. The summed E-state index contributed by atoms with van der Waals surface area (Å²) in [7, 11) is 0. The van der Waals surface area contributed by atoms with Gasteiger partial charge in [0.15, 0.2) is 5.78 Å². The van der Waals surface area contributed by atoms with E-state index >= 15 is 0 Å². The van der Waals surface area contributed by atoms with Gasteiger partial charge in [-0.1, -0.05) is 0 Å². The molecule has 0 rings (SSSR count). The molecule has 0 aromatic rings. The van der Waals surface area contributed by atoms with Gasteiger partial charge in [-0.15, -0.1) is 0 Å². The van der Waals surface area contributed by atoms with E-state index in [1.807, 2.05) is 0 Å². The number of nitriles is 1. The highest BCUT2D eigenvalue weighted by molar-refractivity contribution is 5.96. The van der Waals surface area contributed by atoms with Crippen LogP contribution in [0.3, 0.4) is 0 Å². The summed E-state index contributed by atoms with van der Waals surface area (Å²) in [6.45, 7) is 3.58. The Bertz CT molecular complexity index is 188. The fourth-order valence-electron chi connectivity index (χ4n) is 0.355. The van der Waals surface area contributed by atoms with Crippen molar-refractivity contribution >= 4 is 5.78 Å². The van der Waals surface area contributed by atoms with Gasteiger partial charge in [0.2, 0.25) is 0 Å². The molecule has 3 heteroatoms. The minimum absolute atomic E-state index is 0.0573. The van der Waals surface area contributed by atoms with E-state index in [-0.39, 0.29) is 11.4 Å². The predicted octanol–water partition coefficient (Wildman–Crippen LogP) is 1.02. The fourth-order valence-corrected chi connectivity index (χ4v) is 0.355. The number of hydrogen-bond acceptors (Lipinski definition) is 3. The second kappa shape index (κ2) is 4.57. The summed E-state index contributed by atoms with van der Waals surface area (Å²) < 4.78 is 4.74. The smallest absolute Gasteiger partial charge is 0.173 e. The van der Waals surface area contributed by atoms with Crippen molar-refractivity contribution in [2.75, 3.05) is 6.61 Å². The highest BCUT2D eigenvalue weighted by Gasteiger charge is 2.00. The first-order valence-corrected chi connectivity index (χ1v) is 2.95. The Kier molecular flexibility index (Phi) is 3.97. The van der Waals surface area contributed by atoms with Crippen LogP contribution in [-0.4, -0.2) is 12.4 Å². The maximum Gasteiger partial charge on any atom is 0.173 e. The highest BCUT2D eigenvalue weighted by Crippen LogP contribution is 1.93. The van der Waals surface area contributed by atoms with Crippen molar-refractivity contribution in [2.24, 2.45) is 0 Å². The first-order valence-electron chi connectivity index (χ1n) is 2.95. The zero-order chi connectivity index (χ0) is 7.98. The maximum absolute atomic E-state index is 10.5. The lowest BCUT2D eigenvalue weighted by atomic mass is 10.2. The van der Waals surface area contributed by atoms with Gasteiger partial charge in [-0.05, 0) is 13.8 Å². The zero-order valence-corrected chi connectivity index (χ0v) is 6.05. The van der Waals surface area contributed by atoms with Gasteiger partial charge in [-0.2, -0.15) is 5.26 Å². The molecule has 0 N–H and O–H groups in total. The van der Waals surface area contributed by atoms with E-state index in [9.17, 15) is 4.79 Å². The van der Waals surface area contributed by atoms with Crippen molar-refractivity contribution in [1.29, 1.82) is 5.26 Å². The quantitative estimate of drug-likeness (QED) is 0.333. The summed E-state index contributed by atoms with van der Waals surface area (Å²) in [6, 6.07) is 1.72. The summed E-state index contributed by atoms with van der Waals surface area (Å²) in [5, 5.41) is 8.30. The zero-order valence-electron chi connectivity index (χ0n) is 6.05. The Balaban J connectivity index is 4.09. The molecule has 0 aliphatic carbocycles. The van der Waals surface area contributed by atoms with E-state index in [1.54, 1.807) is 13.0 Å². The van der Waals surface area contributed by atoms with Crippen molar-refractivity contribution in [3.63, 3.8) is 0 Å². The van der Waals surface area contributed by atoms with Crippen LogP contribution in [0.2, 0.25) is 0 Å². The summed E-state index contributed by atoms with van der Waals surface area (Å²) in [5.41, 5.74) is 0.0573. The number of allylic oxidation sites excluding steroid dienone is 1.